The van der Waals surface area contributed by atoms with Gasteiger partial charge in [0.2, 0.25) is 0 Å². The van der Waals surface area contributed by atoms with Crippen LogP contribution in [-0.2, 0) is 6.42 Å². The second-order valence-corrected chi connectivity index (χ2v) is 4.82. The third kappa shape index (κ3) is 4.28. The third-order valence-electron chi connectivity index (χ3n) is 2.82. The Morgan fingerprint density at radius 3 is 2.85 bits per heavy atom. The normalized spacial score (nSPS) is 10.1. The van der Waals surface area contributed by atoms with Crippen molar-refractivity contribution in [2.45, 2.75) is 13.3 Å². The van der Waals surface area contributed by atoms with Gasteiger partial charge < -0.3 is 10.6 Å². The lowest BCUT2D eigenvalue weighted by molar-refractivity contribution is 0.619. The molecule has 0 fully saturated rings. The molecular formula is C15H16FN3S. The number of pyridine rings is 1. The zero-order chi connectivity index (χ0) is 14.4. The molecule has 1 heterocycles. The van der Waals surface area contributed by atoms with Crippen LogP contribution in [0.25, 0.3) is 0 Å². The van der Waals surface area contributed by atoms with Gasteiger partial charge in [-0.05, 0) is 49.0 Å². The van der Waals surface area contributed by atoms with Gasteiger partial charge in [0.05, 0.1) is 0 Å². The van der Waals surface area contributed by atoms with E-state index in [9.17, 15) is 4.39 Å². The van der Waals surface area contributed by atoms with Crippen molar-refractivity contribution in [2.75, 3.05) is 11.9 Å². The molecule has 0 spiro atoms. The summed E-state index contributed by atoms with van der Waals surface area (Å²) in [6.45, 7) is 2.40. The first-order chi connectivity index (χ1) is 9.65. The predicted molar refractivity (Wildman–Crippen MR) is 83.3 cm³/mol. The number of thiocarbonyl (C=S) groups is 1. The van der Waals surface area contributed by atoms with Gasteiger partial charge in [0, 0.05) is 30.5 Å². The summed E-state index contributed by atoms with van der Waals surface area (Å²) in [6, 6.07) is 10.7. The summed E-state index contributed by atoms with van der Waals surface area (Å²) in [4.78, 5) is 4.23. The molecule has 0 unspecified atom stereocenters. The minimum atomic E-state index is -0.244. The Bertz CT molecular complexity index is 587. The minimum Gasteiger partial charge on any atom is -0.362 e. The topological polar surface area (TPSA) is 37.0 Å². The number of nitrogens with one attached hydrogen (secondary N) is 2. The monoisotopic (exact) mass is 289 g/mol. The fourth-order valence-electron chi connectivity index (χ4n) is 1.70. The molecule has 2 aromatic rings. The predicted octanol–water partition coefficient (Wildman–Crippen LogP) is 3.06. The molecule has 0 radical (unpaired) electrons. The zero-order valence-electron chi connectivity index (χ0n) is 11.2. The highest BCUT2D eigenvalue weighted by Gasteiger charge is 2.01. The summed E-state index contributed by atoms with van der Waals surface area (Å²) in [7, 11) is 0. The molecule has 5 heteroatoms. The number of aromatic nitrogens is 1. The first kappa shape index (κ1) is 14.4. The van der Waals surface area contributed by atoms with E-state index < -0.39 is 0 Å². The molecule has 0 atom stereocenters. The van der Waals surface area contributed by atoms with Crippen LogP contribution < -0.4 is 10.6 Å². The van der Waals surface area contributed by atoms with Crippen LogP contribution in [0.4, 0.5) is 10.1 Å². The molecule has 1 aromatic carbocycles. The fourth-order valence-corrected chi connectivity index (χ4v) is 1.92. The number of halogens is 1. The highest BCUT2D eigenvalue weighted by Crippen LogP contribution is 2.13. The molecule has 20 heavy (non-hydrogen) atoms. The van der Waals surface area contributed by atoms with Gasteiger partial charge in [-0.25, -0.2) is 4.39 Å². The Kier molecular flexibility index (Phi) is 5.01. The maximum atomic E-state index is 13.4. The molecule has 1 aromatic heterocycles. The van der Waals surface area contributed by atoms with E-state index in [-0.39, 0.29) is 5.82 Å². The van der Waals surface area contributed by atoms with E-state index in [1.807, 2.05) is 18.2 Å². The molecule has 0 saturated heterocycles. The van der Waals surface area contributed by atoms with Crippen LogP contribution in [0.15, 0.2) is 42.6 Å². The Morgan fingerprint density at radius 2 is 2.15 bits per heavy atom. The smallest absolute Gasteiger partial charge is 0.170 e. The number of anilines is 1. The van der Waals surface area contributed by atoms with Gasteiger partial charge in [-0.2, -0.15) is 0 Å². The van der Waals surface area contributed by atoms with E-state index in [1.165, 1.54) is 6.07 Å². The first-order valence-corrected chi connectivity index (χ1v) is 6.77. The van der Waals surface area contributed by atoms with E-state index in [2.05, 4.69) is 15.6 Å². The molecule has 104 valence electrons. The summed E-state index contributed by atoms with van der Waals surface area (Å²) < 4.78 is 13.4. The zero-order valence-corrected chi connectivity index (χ0v) is 12.0. The average Bonchev–Trinajstić information content (AvgIpc) is 2.44. The molecule has 2 N–H and O–H groups in total. The number of benzene rings is 1. The minimum absolute atomic E-state index is 0.244. The van der Waals surface area contributed by atoms with Gasteiger partial charge in [0.1, 0.15) is 5.82 Å². The standard InChI is InChI=1S/C15H16FN3S/c1-11-5-6-13(10-14(11)16)19-15(20)18-9-7-12-4-2-3-8-17-12/h2-6,8,10H,7,9H2,1H3,(H2,18,19,20). The maximum absolute atomic E-state index is 13.4. The van der Waals surface area contributed by atoms with E-state index in [0.717, 1.165) is 12.1 Å². The largest absolute Gasteiger partial charge is 0.362 e. The van der Waals surface area contributed by atoms with Crippen LogP contribution in [-0.4, -0.2) is 16.6 Å². The van der Waals surface area contributed by atoms with E-state index in [1.54, 1.807) is 25.3 Å². The SMILES string of the molecule is Cc1ccc(NC(=S)NCCc2ccccn2)cc1F. The fraction of sp³-hybridized carbons (Fsp3) is 0.200. The number of nitrogens with zero attached hydrogens (tertiary/aromatic N) is 1. The Balaban J connectivity index is 1.79. The van der Waals surface area contributed by atoms with Crippen LogP contribution in [0.2, 0.25) is 0 Å². The molecule has 2 rings (SSSR count). The molecule has 0 aliphatic heterocycles. The lowest BCUT2D eigenvalue weighted by Crippen LogP contribution is -2.30. The quantitative estimate of drug-likeness (QED) is 0.848. The second-order valence-electron chi connectivity index (χ2n) is 4.42. The van der Waals surface area contributed by atoms with Gasteiger partial charge in [0.15, 0.2) is 5.11 Å². The van der Waals surface area contributed by atoms with E-state index in [0.29, 0.717) is 22.9 Å². The lowest BCUT2D eigenvalue weighted by atomic mass is 10.2. The molecule has 0 aliphatic rings. The summed E-state index contributed by atoms with van der Waals surface area (Å²) in [5.74, 6) is -0.244. The molecule has 0 aliphatic carbocycles. The van der Waals surface area contributed by atoms with Crippen molar-refractivity contribution in [3.63, 3.8) is 0 Å². The van der Waals surface area contributed by atoms with E-state index >= 15 is 0 Å². The van der Waals surface area contributed by atoms with Crippen molar-refractivity contribution in [3.05, 3.63) is 59.7 Å². The van der Waals surface area contributed by atoms with Gasteiger partial charge in [0.25, 0.3) is 0 Å². The van der Waals surface area contributed by atoms with Crippen LogP contribution in [0.1, 0.15) is 11.3 Å². The Morgan fingerprint density at radius 1 is 1.30 bits per heavy atom. The maximum Gasteiger partial charge on any atom is 0.170 e. The molecule has 3 nitrogen and oxygen atoms in total. The van der Waals surface area contributed by atoms with Gasteiger partial charge in [-0.15, -0.1) is 0 Å². The highest BCUT2D eigenvalue weighted by atomic mass is 32.1. The summed E-state index contributed by atoms with van der Waals surface area (Å²) in [6.07, 6.45) is 2.55. The second kappa shape index (κ2) is 6.96. The lowest BCUT2D eigenvalue weighted by Gasteiger charge is -2.10. The molecular weight excluding hydrogens is 273 g/mol. The third-order valence-corrected chi connectivity index (χ3v) is 3.07. The van der Waals surface area contributed by atoms with Gasteiger partial charge in [-0.3, -0.25) is 4.98 Å². The van der Waals surface area contributed by atoms with Crippen molar-refractivity contribution in [1.29, 1.82) is 0 Å². The number of hydrogen-bond donors (Lipinski definition) is 2. The Hall–Kier alpha value is -2.01. The van der Waals surface area contributed by atoms with Crippen LogP contribution in [0.5, 0.6) is 0 Å². The van der Waals surface area contributed by atoms with Crippen molar-refractivity contribution in [3.8, 4) is 0 Å². The summed E-state index contributed by atoms with van der Waals surface area (Å²) in [5.41, 5.74) is 2.26. The Labute approximate surface area is 123 Å². The van der Waals surface area contributed by atoms with Crippen molar-refractivity contribution < 1.29 is 4.39 Å². The van der Waals surface area contributed by atoms with Crippen molar-refractivity contribution in [1.82, 2.24) is 10.3 Å². The average molecular weight is 289 g/mol. The van der Waals surface area contributed by atoms with Crippen molar-refractivity contribution in [2.24, 2.45) is 0 Å². The first-order valence-electron chi connectivity index (χ1n) is 6.36. The number of hydrogen-bond acceptors (Lipinski definition) is 2. The van der Waals surface area contributed by atoms with Crippen molar-refractivity contribution >= 4 is 23.0 Å². The highest BCUT2D eigenvalue weighted by molar-refractivity contribution is 7.80. The van der Waals surface area contributed by atoms with Crippen LogP contribution in [0, 0.1) is 12.7 Å². The van der Waals surface area contributed by atoms with Crippen LogP contribution in [0.3, 0.4) is 0 Å². The number of rotatable bonds is 4. The van der Waals surface area contributed by atoms with Gasteiger partial charge in [-0.1, -0.05) is 12.1 Å². The van der Waals surface area contributed by atoms with Gasteiger partial charge >= 0.3 is 0 Å². The van der Waals surface area contributed by atoms with Crippen LogP contribution >= 0.6 is 12.2 Å². The molecule has 0 amide bonds. The van der Waals surface area contributed by atoms with E-state index in [4.69, 9.17) is 12.2 Å². The summed E-state index contributed by atoms with van der Waals surface area (Å²) >= 11 is 5.16. The number of aryl methyl sites for hydroxylation is 1. The summed E-state index contributed by atoms with van der Waals surface area (Å²) in [5, 5.41) is 6.50. The molecule has 0 bridgehead atoms. The molecule has 0 saturated carbocycles.